The van der Waals surface area contributed by atoms with Crippen LogP contribution in [0.4, 0.5) is 0 Å². The van der Waals surface area contributed by atoms with Crippen LogP contribution >= 0.6 is 0 Å². The Morgan fingerprint density at radius 3 is 2.57 bits per heavy atom. The molecule has 1 N–H and O–H groups in total. The number of benzene rings is 3. The van der Waals surface area contributed by atoms with Crippen molar-refractivity contribution in [3.63, 3.8) is 0 Å². The molecule has 0 aromatic heterocycles. The highest BCUT2D eigenvalue weighted by Gasteiger charge is 2.14. The molecule has 8 nitrogen and oxygen atoms in total. The van der Waals surface area contributed by atoms with Gasteiger partial charge >= 0.3 is 0 Å². The predicted octanol–water partition coefficient (Wildman–Crippen LogP) is 4.54. The van der Waals surface area contributed by atoms with E-state index in [2.05, 4.69) is 10.5 Å². The van der Waals surface area contributed by atoms with Gasteiger partial charge in [0.15, 0.2) is 29.6 Å². The Labute approximate surface area is 204 Å². The second kappa shape index (κ2) is 11.3. The molecule has 0 fully saturated rings. The smallest absolute Gasteiger partial charge is 0.277 e. The number of hydrazone groups is 1. The third kappa shape index (κ3) is 6.23. The predicted molar refractivity (Wildman–Crippen MR) is 132 cm³/mol. The lowest BCUT2D eigenvalue weighted by Crippen LogP contribution is -2.25. The summed E-state index contributed by atoms with van der Waals surface area (Å²) in [5.74, 6) is 3.00. The van der Waals surface area contributed by atoms with E-state index in [0.717, 1.165) is 28.0 Å². The summed E-state index contributed by atoms with van der Waals surface area (Å²) in [7, 11) is 0. The molecule has 0 spiro atoms. The fourth-order valence-electron chi connectivity index (χ4n) is 3.56. The lowest BCUT2D eigenvalue weighted by Gasteiger charge is -2.13. The minimum Gasteiger partial charge on any atom is -0.490 e. The van der Waals surface area contributed by atoms with Crippen LogP contribution in [0.15, 0.2) is 59.7 Å². The fraction of sp³-hybridized carbons (Fsp3) is 0.259. The van der Waals surface area contributed by atoms with Gasteiger partial charge < -0.3 is 23.7 Å². The fourth-order valence-corrected chi connectivity index (χ4v) is 3.56. The summed E-state index contributed by atoms with van der Waals surface area (Å²) in [5, 5.41) is 4.03. The topological polar surface area (TPSA) is 87.6 Å². The molecule has 1 aliphatic heterocycles. The number of ether oxygens (including phenoxy) is 5. The molecular weight excluding hydrogens is 448 g/mol. The van der Waals surface area contributed by atoms with Crippen LogP contribution in [0.25, 0.3) is 0 Å². The summed E-state index contributed by atoms with van der Waals surface area (Å²) in [6, 6.07) is 17.0. The first-order valence-corrected chi connectivity index (χ1v) is 11.3. The SMILES string of the molecule is CCOc1cc(/C=N\NC(=O)COc2c(C)cccc2C)ccc1OCc1ccc2c(c1)OCO2. The van der Waals surface area contributed by atoms with Gasteiger partial charge in [0.25, 0.3) is 5.91 Å². The first-order chi connectivity index (χ1) is 17.0. The van der Waals surface area contributed by atoms with Crippen molar-refractivity contribution in [2.75, 3.05) is 20.0 Å². The molecule has 35 heavy (non-hydrogen) atoms. The largest absolute Gasteiger partial charge is 0.490 e. The number of rotatable bonds is 10. The number of hydrogen-bond acceptors (Lipinski definition) is 7. The Bertz CT molecular complexity index is 1200. The molecule has 3 aromatic carbocycles. The molecule has 0 bridgehead atoms. The van der Waals surface area contributed by atoms with E-state index in [1.165, 1.54) is 0 Å². The van der Waals surface area contributed by atoms with Gasteiger partial charge in [-0.05, 0) is 73.4 Å². The lowest BCUT2D eigenvalue weighted by atomic mass is 10.1. The van der Waals surface area contributed by atoms with E-state index in [1.807, 2.05) is 69.3 Å². The van der Waals surface area contributed by atoms with Crippen LogP contribution in [-0.4, -0.2) is 32.1 Å². The Morgan fingerprint density at radius 1 is 0.971 bits per heavy atom. The van der Waals surface area contributed by atoms with Crippen molar-refractivity contribution in [2.45, 2.75) is 27.4 Å². The molecule has 3 aromatic rings. The molecule has 1 aliphatic rings. The molecule has 182 valence electrons. The average molecular weight is 477 g/mol. The van der Waals surface area contributed by atoms with E-state index < -0.39 is 0 Å². The zero-order valence-electron chi connectivity index (χ0n) is 20.0. The van der Waals surface area contributed by atoms with E-state index in [9.17, 15) is 4.79 Å². The van der Waals surface area contributed by atoms with Gasteiger partial charge in [-0.15, -0.1) is 0 Å². The van der Waals surface area contributed by atoms with Crippen LogP contribution in [0.1, 0.15) is 29.2 Å². The Morgan fingerprint density at radius 2 is 1.77 bits per heavy atom. The standard InChI is InChI=1S/C27H28N2O6/c1-4-31-24-12-20(14-28-29-26(30)16-33-27-18(2)6-5-7-19(27)3)8-10-22(24)32-15-21-9-11-23-25(13-21)35-17-34-23/h5-14H,4,15-17H2,1-3H3,(H,29,30)/b28-14-. The van der Waals surface area contributed by atoms with E-state index in [-0.39, 0.29) is 19.3 Å². The summed E-state index contributed by atoms with van der Waals surface area (Å²) < 4.78 is 28.1. The molecule has 1 heterocycles. The highest BCUT2D eigenvalue weighted by Crippen LogP contribution is 2.34. The first kappa shape index (κ1) is 23.9. The van der Waals surface area contributed by atoms with Crippen molar-refractivity contribution >= 4 is 12.1 Å². The summed E-state index contributed by atoms with van der Waals surface area (Å²) in [6.45, 7) is 6.72. The number of fused-ring (bicyclic) bond motifs is 1. The zero-order chi connectivity index (χ0) is 24.6. The van der Waals surface area contributed by atoms with Gasteiger partial charge in [0.05, 0.1) is 12.8 Å². The highest BCUT2D eigenvalue weighted by molar-refractivity contribution is 5.83. The highest BCUT2D eigenvalue weighted by atomic mass is 16.7. The molecule has 0 saturated heterocycles. The maximum Gasteiger partial charge on any atom is 0.277 e. The first-order valence-electron chi connectivity index (χ1n) is 11.3. The monoisotopic (exact) mass is 476 g/mol. The van der Waals surface area contributed by atoms with Crippen LogP contribution in [0.2, 0.25) is 0 Å². The molecule has 0 aliphatic carbocycles. The van der Waals surface area contributed by atoms with Gasteiger partial charge in [-0.25, -0.2) is 5.43 Å². The molecule has 0 atom stereocenters. The number of amides is 1. The summed E-state index contributed by atoms with van der Waals surface area (Å²) in [6.07, 6.45) is 1.54. The average Bonchev–Trinajstić information content (AvgIpc) is 3.31. The van der Waals surface area contributed by atoms with Crippen molar-refractivity contribution in [3.05, 3.63) is 76.9 Å². The van der Waals surface area contributed by atoms with Gasteiger partial charge in [0.2, 0.25) is 6.79 Å². The number of carbonyl (C=O) groups excluding carboxylic acids is 1. The van der Waals surface area contributed by atoms with E-state index in [1.54, 1.807) is 12.3 Å². The Hall–Kier alpha value is -4.20. The Balaban J connectivity index is 1.33. The third-order valence-electron chi connectivity index (χ3n) is 5.26. The van der Waals surface area contributed by atoms with Gasteiger partial charge in [0.1, 0.15) is 12.4 Å². The van der Waals surface area contributed by atoms with Crippen molar-refractivity contribution < 1.29 is 28.5 Å². The zero-order valence-corrected chi connectivity index (χ0v) is 20.0. The maximum absolute atomic E-state index is 12.1. The number of hydrogen-bond donors (Lipinski definition) is 1. The van der Waals surface area contributed by atoms with Crippen LogP contribution in [0.3, 0.4) is 0 Å². The second-order valence-electron chi connectivity index (χ2n) is 7.92. The second-order valence-corrected chi connectivity index (χ2v) is 7.92. The molecular formula is C27H28N2O6. The molecule has 1 amide bonds. The van der Waals surface area contributed by atoms with Crippen molar-refractivity contribution in [3.8, 4) is 28.7 Å². The summed E-state index contributed by atoms with van der Waals surface area (Å²) in [5.41, 5.74) is 6.14. The molecule has 0 radical (unpaired) electrons. The molecule has 4 rings (SSSR count). The summed E-state index contributed by atoms with van der Waals surface area (Å²) >= 11 is 0. The normalized spacial score (nSPS) is 12.0. The number of nitrogens with zero attached hydrogens (tertiary/aromatic N) is 1. The Kier molecular flexibility index (Phi) is 7.72. The van der Waals surface area contributed by atoms with Crippen molar-refractivity contribution in [1.82, 2.24) is 5.43 Å². The molecule has 0 unspecified atom stereocenters. The van der Waals surface area contributed by atoms with Gasteiger partial charge in [0, 0.05) is 0 Å². The van der Waals surface area contributed by atoms with E-state index in [0.29, 0.717) is 36.2 Å². The number of para-hydroxylation sites is 1. The number of nitrogens with one attached hydrogen (secondary N) is 1. The molecule has 8 heteroatoms. The summed E-state index contributed by atoms with van der Waals surface area (Å²) in [4.78, 5) is 12.1. The number of carbonyl (C=O) groups is 1. The van der Waals surface area contributed by atoms with Crippen LogP contribution < -0.4 is 29.1 Å². The van der Waals surface area contributed by atoms with Crippen molar-refractivity contribution in [1.29, 1.82) is 0 Å². The molecule has 0 saturated carbocycles. The van der Waals surface area contributed by atoms with Crippen LogP contribution in [0.5, 0.6) is 28.7 Å². The minimum absolute atomic E-state index is 0.125. The minimum atomic E-state index is -0.349. The quantitative estimate of drug-likeness (QED) is 0.342. The van der Waals surface area contributed by atoms with Crippen LogP contribution in [-0.2, 0) is 11.4 Å². The van der Waals surface area contributed by atoms with Crippen LogP contribution in [0, 0.1) is 13.8 Å². The van der Waals surface area contributed by atoms with Crippen molar-refractivity contribution in [2.24, 2.45) is 5.10 Å². The van der Waals surface area contributed by atoms with Gasteiger partial charge in [-0.1, -0.05) is 24.3 Å². The number of aryl methyl sites for hydroxylation is 2. The van der Waals surface area contributed by atoms with Gasteiger partial charge in [-0.2, -0.15) is 5.10 Å². The lowest BCUT2D eigenvalue weighted by molar-refractivity contribution is -0.123. The van der Waals surface area contributed by atoms with E-state index in [4.69, 9.17) is 23.7 Å². The maximum atomic E-state index is 12.1. The van der Waals surface area contributed by atoms with Gasteiger partial charge in [-0.3, -0.25) is 4.79 Å². The van der Waals surface area contributed by atoms with E-state index >= 15 is 0 Å². The third-order valence-corrected chi connectivity index (χ3v) is 5.26.